The van der Waals surface area contributed by atoms with Gasteiger partial charge in [0.15, 0.2) is 0 Å². The third kappa shape index (κ3) is 3.48. The lowest BCUT2D eigenvalue weighted by Crippen LogP contribution is -2.04. The number of anilines is 1. The van der Waals surface area contributed by atoms with Gasteiger partial charge in [-0.1, -0.05) is 6.07 Å². The Hall–Kier alpha value is -2.03. The van der Waals surface area contributed by atoms with Gasteiger partial charge in [0.25, 0.3) is 0 Å². The lowest BCUT2D eigenvalue weighted by Gasteiger charge is -2.07. The summed E-state index contributed by atoms with van der Waals surface area (Å²) < 4.78 is 5.17. The molecule has 0 aliphatic carbocycles. The van der Waals surface area contributed by atoms with Crippen molar-refractivity contribution in [2.24, 2.45) is 0 Å². The second-order valence-electron chi connectivity index (χ2n) is 3.76. The highest BCUT2D eigenvalue weighted by Gasteiger charge is 1.95. The van der Waals surface area contributed by atoms with Crippen molar-refractivity contribution in [1.82, 2.24) is 4.98 Å². The highest BCUT2D eigenvalue weighted by atomic mass is 16.5. The van der Waals surface area contributed by atoms with Crippen LogP contribution in [0.2, 0.25) is 0 Å². The standard InChI is InChI=1S/C14H16N2O/c1-17-14-4-2-3-13(11-14)16-10-7-12-5-8-15-9-6-12/h2-6,8-9,11,16H,7,10H2,1H3. The molecule has 1 aromatic carbocycles. The smallest absolute Gasteiger partial charge is 0.120 e. The second-order valence-corrected chi connectivity index (χ2v) is 3.76. The van der Waals surface area contributed by atoms with E-state index >= 15 is 0 Å². The van der Waals surface area contributed by atoms with Crippen LogP contribution >= 0.6 is 0 Å². The van der Waals surface area contributed by atoms with Crippen LogP contribution in [0.25, 0.3) is 0 Å². The summed E-state index contributed by atoms with van der Waals surface area (Å²) in [5.74, 6) is 0.874. The third-order valence-electron chi connectivity index (χ3n) is 2.56. The van der Waals surface area contributed by atoms with Crippen molar-refractivity contribution in [2.45, 2.75) is 6.42 Å². The fourth-order valence-corrected chi connectivity index (χ4v) is 1.63. The molecule has 0 spiro atoms. The van der Waals surface area contributed by atoms with Crippen LogP contribution in [-0.2, 0) is 6.42 Å². The number of methoxy groups -OCH3 is 1. The van der Waals surface area contributed by atoms with E-state index in [0.717, 1.165) is 24.4 Å². The van der Waals surface area contributed by atoms with E-state index in [0.29, 0.717) is 0 Å². The molecule has 0 atom stereocenters. The largest absolute Gasteiger partial charge is 0.497 e. The number of ether oxygens (including phenoxy) is 1. The molecule has 0 fully saturated rings. The molecule has 3 heteroatoms. The van der Waals surface area contributed by atoms with Crippen LogP contribution in [0.15, 0.2) is 48.8 Å². The second kappa shape index (κ2) is 5.89. The SMILES string of the molecule is COc1cccc(NCCc2ccncc2)c1. The van der Waals surface area contributed by atoms with Crippen molar-refractivity contribution in [3.8, 4) is 5.75 Å². The Balaban J connectivity index is 1.86. The lowest BCUT2D eigenvalue weighted by molar-refractivity contribution is 0.415. The minimum atomic E-state index is 0.874. The zero-order valence-corrected chi connectivity index (χ0v) is 9.89. The molecule has 1 N–H and O–H groups in total. The molecule has 88 valence electrons. The van der Waals surface area contributed by atoms with Crippen molar-refractivity contribution in [1.29, 1.82) is 0 Å². The normalized spacial score (nSPS) is 9.94. The topological polar surface area (TPSA) is 34.1 Å². The zero-order chi connectivity index (χ0) is 11.9. The maximum atomic E-state index is 5.17. The van der Waals surface area contributed by atoms with E-state index in [2.05, 4.69) is 10.3 Å². The average Bonchev–Trinajstić information content (AvgIpc) is 2.40. The Kier molecular flexibility index (Phi) is 3.97. The molecule has 3 nitrogen and oxygen atoms in total. The van der Waals surface area contributed by atoms with Gasteiger partial charge in [0.2, 0.25) is 0 Å². The summed E-state index contributed by atoms with van der Waals surface area (Å²) in [5.41, 5.74) is 2.37. The molecule has 2 rings (SSSR count). The van der Waals surface area contributed by atoms with Gasteiger partial charge in [-0.15, -0.1) is 0 Å². The molecular formula is C14H16N2O. The molecular weight excluding hydrogens is 212 g/mol. The van der Waals surface area contributed by atoms with Gasteiger partial charge in [-0.3, -0.25) is 4.98 Å². The number of nitrogens with one attached hydrogen (secondary N) is 1. The van der Waals surface area contributed by atoms with E-state index in [1.165, 1.54) is 5.56 Å². The van der Waals surface area contributed by atoms with Crippen LogP contribution in [0, 0.1) is 0 Å². The highest BCUT2D eigenvalue weighted by Crippen LogP contribution is 2.16. The van der Waals surface area contributed by atoms with Gasteiger partial charge < -0.3 is 10.1 Å². The fraction of sp³-hybridized carbons (Fsp3) is 0.214. The summed E-state index contributed by atoms with van der Waals surface area (Å²) >= 11 is 0. The Morgan fingerprint density at radius 3 is 2.76 bits per heavy atom. The van der Waals surface area contributed by atoms with Crippen LogP contribution in [-0.4, -0.2) is 18.6 Å². The van der Waals surface area contributed by atoms with Crippen molar-refractivity contribution < 1.29 is 4.74 Å². The third-order valence-corrected chi connectivity index (χ3v) is 2.56. The molecule has 0 bridgehead atoms. The van der Waals surface area contributed by atoms with Gasteiger partial charge in [-0.05, 0) is 36.2 Å². The molecule has 0 saturated carbocycles. The predicted molar refractivity (Wildman–Crippen MR) is 69.4 cm³/mol. The summed E-state index contributed by atoms with van der Waals surface area (Å²) in [6.07, 6.45) is 4.63. The van der Waals surface area contributed by atoms with Crippen LogP contribution in [0.1, 0.15) is 5.56 Å². The predicted octanol–water partition coefficient (Wildman–Crippen LogP) is 2.74. The summed E-state index contributed by atoms with van der Waals surface area (Å²) in [5, 5.41) is 3.37. The van der Waals surface area contributed by atoms with E-state index in [1.54, 1.807) is 7.11 Å². The Morgan fingerprint density at radius 1 is 1.18 bits per heavy atom. The van der Waals surface area contributed by atoms with E-state index < -0.39 is 0 Å². The number of nitrogens with zero attached hydrogens (tertiary/aromatic N) is 1. The van der Waals surface area contributed by atoms with Crippen molar-refractivity contribution in [3.05, 3.63) is 54.4 Å². The molecule has 0 saturated heterocycles. The van der Waals surface area contributed by atoms with Crippen LogP contribution in [0.3, 0.4) is 0 Å². The fourth-order valence-electron chi connectivity index (χ4n) is 1.63. The van der Waals surface area contributed by atoms with E-state index in [-0.39, 0.29) is 0 Å². The minimum absolute atomic E-state index is 0.874. The maximum absolute atomic E-state index is 5.17. The molecule has 17 heavy (non-hydrogen) atoms. The number of hydrogen-bond acceptors (Lipinski definition) is 3. The van der Waals surface area contributed by atoms with Gasteiger partial charge in [-0.25, -0.2) is 0 Å². The Morgan fingerprint density at radius 2 is 2.00 bits per heavy atom. The van der Waals surface area contributed by atoms with Crippen LogP contribution < -0.4 is 10.1 Å². The van der Waals surface area contributed by atoms with E-state index in [1.807, 2.05) is 48.8 Å². The number of aromatic nitrogens is 1. The zero-order valence-electron chi connectivity index (χ0n) is 9.89. The monoisotopic (exact) mass is 228 g/mol. The highest BCUT2D eigenvalue weighted by molar-refractivity contribution is 5.48. The molecule has 2 aromatic rings. The van der Waals surface area contributed by atoms with Crippen molar-refractivity contribution in [3.63, 3.8) is 0 Å². The van der Waals surface area contributed by atoms with Gasteiger partial charge in [0, 0.05) is 30.7 Å². The Labute approximate surface area is 101 Å². The van der Waals surface area contributed by atoms with Gasteiger partial charge >= 0.3 is 0 Å². The summed E-state index contributed by atoms with van der Waals surface area (Å²) in [6, 6.07) is 12.0. The van der Waals surface area contributed by atoms with Crippen LogP contribution in [0.5, 0.6) is 5.75 Å². The maximum Gasteiger partial charge on any atom is 0.120 e. The first-order chi connectivity index (χ1) is 8.38. The Bertz CT molecular complexity index is 457. The minimum Gasteiger partial charge on any atom is -0.497 e. The number of benzene rings is 1. The molecule has 0 unspecified atom stereocenters. The van der Waals surface area contributed by atoms with Crippen molar-refractivity contribution in [2.75, 3.05) is 19.0 Å². The van der Waals surface area contributed by atoms with E-state index in [4.69, 9.17) is 4.74 Å². The average molecular weight is 228 g/mol. The molecule has 1 heterocycles. The number of pyridine rings is 1. The number of rotatable bonds is 5. The molecule has 0 aliphatic rings. The van der Waals surface area contributed by atoms with Gasteiger partial charge in [-0.2, -0.15) is 0 Å². The first-order valence-corrected chi connectivity index (χ1v) is 5.65. The lowest BCUT2D eigenvalue weighted by atomic mass is 10.2. The van der Waals surface area contributed by atoms with Crippen molar-refractivity contribution >= 4 is 5.69 Å². The quantitative estimate of drug-likeness (QED) is 0.854. The molecule has 0 radical (unpaired) electrons. The number of hydrogen-bond donors (Lipinski definition) is 1. The summed E-state index contributed by atoms with van der Waals surface area (Å²) in [7, 11) is 1.68. The van der Waals surface area contributed by atoms with E-state index in [9.17, 15) is 0 Å². The summed E-state index contributed by atoms with van der Waals surface area (Å²) in [4.78, 5) is 4.00. The molecule has 0 aliphatic heterocycles. The van der Waals surface area contributed by atoms with Gasteiger partial charge in [0.1, 0.15) is 5.75 Å². The van der Waals surface area contributed by atoms with Gasteiger partial charge in [0.05, 0.1) is 7.11 Å². The summed E-state index contributed by atoms with van der Waals surface area (Å²) in [6.45, 7) is 0.900. The molecule has 0 amide bonds. The van der Waals surface area contributed by atoms with Crippen LogP contribution in [0.4, 0.5) is 5.69 Å². The molecule has 1 aromatic heterocycles. The first-order valence-electron chi connectivity index (χ1n) is 5.65. The first kappa shape index (κ1) is 11.5.